The summed E-state index contributed by atoms with van der Waals surface area (Å²) in [5, 5.41) is 53.3. The topological polar surface area (TPSA) is 299 Å². The molecular weight excluding hydrogens is 682 g/mol. The van der Waals surface area contributed by atoms with E-state index < -0.39 is 102 Å². The van der Waals surface area contributed by atoms with Gasteiger partial charge in [-0.15, -0.1) is 0 Å². The summed E-state index contributed by atoms with van der Waals surface area (Å²) in [6.07, 6.45) is -2.32. The van der Waals surface area contributed by atoms with Crippen LogP contribution < -0.4 is 37.6 Å². The van der Waals surface area contributed by atoms with E-state index in [0.29, 0.717) is 12.0 Å². The highest BCUT2D eigenvalue weighted by atomic mass is 16.4. The molecule has 0 saturated heterocycles. The zero-order valence-corrected chi connectivity index (χ0v) is 30.8. The zero-order valence-electron chi connectivity index (χ0n) is 30.8. The Kier molecular flexibility index (Phi) is 18.2. The number of benzene rings is 1. The predicted molar refractivity (Wildman–Crippen MR) is 188 cm³/mol. The molecule has 0 aliphatic heterocycles. The Hall–Kier alpha value is -4.81. The molecule has 0 unspecified atom stereocenters. The number of carbonyl (C=O) groups excluding carboxylic acids is 6. The lowest BCUT2D eigenvalue weighted by Gasteiger charge is -2.28. The molecule has 10 atom stereocenters. The highest BCUT2D eigenvalue weighted by Crippen LogP contribution is 2.13. The fourth-order valence-corrected chi connectivity index (χ4v) is 4.73. The van der Waals surface area contributed by atoms with Gasteiger partial charge in [0, 0.05) is 6.42 Å². The van der Waals surface area contributed by atoms with Crippen LogP contribution in [0.5, 0.6) is 5.75 Å². The van der Waals surface area contributed by atoms with Gasteiger partial charge in [-0.05, 0) is 57.2 Å². The second-order valence-corrected chi connectivity index (χ2v) is 13.3. The Bertz CT molecular complexity index is 1400. The van der Waals surface area contributed by atoms with Crippen LogP contribution in [0.15, 0.2) is 24.3 Å². The fraction of sp³-hybridized carbons (Fsp3) is 0.618. The smallest absolute Gasteiger partial charge is 0.328 e. The number of carboxylic acids is 1. The van der Waals surface area contributed by atoms with Crippen LogP contribution in [-0.4, -0.2) is 116 Å². The van der Waals surface area contributed by atoms with E-state index in [4.69, 9.17) is 5.73 Å². The zero-order chi connectivity index (χ0) is 40.0. The lowest BCUT2D eigenvalue weighted by molar-refractivity contribution is -0.145. The number of nitrogens with one attached hydrogen (secondary N) is 6. The molecule has 0 spiro atoms. The molecule has 6 amide bonds. The van der Waals surface area contributed by atoms with Crippen LogP contribution in [0.3, 0.4) is 0 Å². The third kappa shape index (κ3) is 14.1. The van der Waals surface area contributed by atoms with E-state index in [2.05, 4.69) is 31.9 Å². The first-order valence-corrected chi connectivity index (χ1v) is 17.1. The van der Waals surface area contributed by atoms with Gasteiger partial charge < -0.3 is 58.1 Å². The average Bonchev–Trinajstić information content (AvgIpc) is 3.06. The summed E-state index contributed by atoms with van der Waals surface area (Å²) >= 11 is 0. The molecular formula is C34H55N7O11. The summed E-state index contributed by atoms with van der Waals surface area (Å²) in [4.78, 5) is 89.9. The van der Waals surface area contributed by atoms with E-state index in [1.54, 1.807) is 20.8 Å². The number of aliphatic hydroxyl groups is 2. The molecule has 0 bridgehead atoms. The number of aliphatic carboxylic acids is 1. The molecule has 0 fully saturated rings. The Morgan fingerprint density at radius 1 is 0.615 bits per heavy atom. The van der Waals surface area contributed by atoms with Gasteiger partial charge in [-0.3, -0.25) is 28.8 Å². The van der Waals surface area contributed by atoms with E-state index in [0.717, 1.165) is 0 Å². The summed E-state index contributed by atoms with van der Waals surface area (Å²) in [5.74, 6) is -7.21. The highest BCUT2D eigenvalue weighted by molar-refractivity contribution is 5.97. The summed E-state index contributed by atoms with van der Waals surface area (Å²) in [5.41, 5.74) is 6.46. The van der Waals surface area contributed by atoms with Gasteiger partial charge in [-0.25, -0.2) is 4.79 Å². The molecule has 1 rings (SSSR count). The molecule has 18 nitrogen and oxygen atoms in total. The molecule has 18 heteroatoms. The average molecular weight is 738 g/mol. The van der Waals surface area contributed by atoms with Crippen molar-refractivity contribution in [1.82, 2.24) is 31.9 Å². The normalized spacial score (nSPS) is 17.0. The van der Waals surface area contributed by atoms with Gasteiger partial charge in [-0.1, -0.05) is 46.2 Å². The fourth-order valence-electron chi connectivity index (χ4n) is 4.73. The van der Waals surface area contributed by atoms with Crippen LogP contribution in [-0.2, 0) is 40.0 Å². The molecule has 12 N–H and O–H groups in total. The first-order chi connectivity index (χ1) is 24.1. The van der Waals surface area contributed by atoms with Gasteiger partial charge in [0.2, 0.25) is 35.4 Å². The number of aliphatic hydroxyl groups excluding tert-OH is 2. The molecule has 0 saturated carbocycles. The van der Waals surface area contributed by atoms with Crippen LogP contribution in [0, 0.1) is 11.8 Å². The lowest BCUT2D eigenvalue weighted by Crippen LogP contribution is -2.61. The minimum Gasteiger partial charge on any atom is -0.508 e. The van der Waals surface area contributed by atoms with Crippen LogP contribution in [0.1, 0.15) is 67.4 Å². The van der Waals surface area contributed by atoms with Crippen molar-refractivity contribution in [2.45, 2.75) is 123 Å². The van der Waals surface area contributed by atoms with Gasteiger partial charge in [-0.2, -0.15) is 0 Å². The number of carboxylic acid groups (broad SMARTS) is 1. The Morgan fingerprint density at radius 2 is 1.06 bits per heavy atom. The maximum absolute atomic E-state index is 13.7. The van der Waals surface area contributed by atoms with Crippen molar-refractivity contribution in [3.05, 3.63) is 29.8 Å². The van der Waals surface area contributed by atoms with E-state index in [-0.39, 0.29) is 18.1 Å². The number of phenols is 1. The lowest BCUT2D eigenvalue weighted by atomic mass is 9.98. The molecule has 0 heterocycles. The number of carbonyl (C=O) groups is 7. The van der Waals surface area contributed by atoms with Crippen LogP contribution >= 0.6 is 0 Å². The Labute approximate surface area is 303 Å². The predicted octanol–water partition coefficient (Wildman–Crippen LogP) is -2.24. The summed E-state index contributed by atoms with van der Waals surface area (Å²) in [6, 6.07) is -3.42. The molecule has 0 aliphatic carbocycles. The van der Waals surface area contributed by atoms with Crippen LogP contribution in [0.25, 0.3) is 0 Å². The second-order valence-electron chi connectivity index (χ2n) is 13.3. The molecule has 292 valence electrons. The van der Waals surface area contributed by atoms with Gasteiger partial charge in [0.15, 0.2) is 6.04 Å². The van der Waals surface area contributed by atoms with Crippen LogP contribution in [0.4, 0.5) is 0 Å². The largest absolute Gasteiger partial charge is 0.508 e. The molecule has 1 aromatic rings. The highest BCUT2D eigenvalue weighted by Gasteiger charge is 2.34. The van der Waals surface area contributed by atoms with E-state index in [1.807, 2.05) is 6.92 Å². The van der Waals surface area contributed by atoms with Gasteiger partial charge in [0.1, 0.15) is 36.0 Å². The number of rotatable bonds is 20. The van der Waals surface area contributed by atoms with E-state index in [1.165, 1.54) is 52.0 Å². The van der Waals surface area contributed by atoms with Crippen molar-refractivity contribution in [2.75, 3.05) is 0 Å². The maximum atomic E-state index is 13.7. The van der Waals surface area contributed by atoms with E-state index >= 15 is 0 Å². The number of amides is 6. The van der Waals surface area contributed by atoms with Crippen molar-refractivity contribution in [2.24, 2.45) is 17.6 Å². The first kappa shape index (κ1) is 45.2. The number of phenolic OH excluding ortho intramolecular Hbond substituents is 1. The summed E-state index contributed by atoms with van der Waals surface area (Å²) < 4.78 is 0. The standard InChI is InChI=1S/C34H55N7O11/c1-9-16(4)24(35)31(48)40-26(19(7)42)33(50)37-17(5)28(45)38-23(14-21-10-12-22(44)13-11-21)30(47)39-25(15(2)3)32(49)36-18(6)29(46)41-27(20(8)43)34(51)52/h10-13,15-20,23-27,42-44H,9,14,35H2,1-8H3,(H,36,49)(H,37,50)(H,38,45)(H,39,47)(H,40,48)(H,41,46)(H,51,52)/t16-,17-,18-,19+,20+,23-,24-,25-,26-,27-/m0/s1. The second kappa shape index (κ2) is 20.9. The van der Waals surface area contributed by atoms with Crippen molar-refractivity contribution >= 4 is 41.4 Å². The SMILES string of the molecule is CC[C@H](C)[C@H](N)C(=O)N[C@H](C(=O)N[C@@H](C)C(=O)N[C@@H](Cc1ccc(O)cc1)C(=O)N[C@H](C(=O)N[C@@H](C)C(=O)N[C@H](C(=O)O)[C@@H](C)O)C(C)C)[C@@H](C)O. The molecule has 0 aliphatic rings. The Balaban J connectivity index is 3.18. The van der Waals surface area contributed by atoms with Gasteiger partial charge in [0.05, 0.1) is 18.2 Å². The van der Waals surface area contributed by atoms with Crippen molar-refractivity contribution in [1.29, 1.82) is 0 Å². The number of nitrogens with two attached hydrogens (primary N) is 1. The third-order valence-corrected chi connectivity index (χ3v) is 8.43. The number of aromatic hydroxyl groups is 1. The Morgan fingerprint density at radius 3 is 1.50 bits per heavy atom. The van der Waals surface area contributed by atoms with Gasteiger partial charge in [0.25, 0.3) is 0 Å². The van der Waals surface area contributed by atoms with Crippen molar-refractivity contribution in [3.63, 3.8) is 0 Å². The minimum absolute atomic E-state index is 0.0483. The minimum atomic E-state index is -1.63. The van der Waals surface area contributed by atoms with Crippen LogP contribution in [0.2, 0.25) is 0 Å². The number of hydrogen-bond donors (Lipinski definition) is 11. The van der Waals surface area contributed by atoms with Gasteiger partial charge >= 0.3 is 5.97 Å². The number of hydrogen-bond acceptors (Lipinski definition) is 11. The quantitative estimate of drug-likeness (QED) is 0.0677. The first-order valence-electron chi connectivity index (χ1n) is 17.1. The molecule has 1 aromatic carbocycles. The maximum Gasteiger partial charge on any atom is 0.328 e. The summed E-state index contributed by atoms with van der Waals surface area (Å²) in [7, 11) is 0. The van der Waals surface area contributed by atoms with Crippen molar-refractivity contribution < 1.29 is 54.0 Å². The molecule has 52 heavy (non-hydrogen) atoms. The molecule has 0 aromatic heterocycles. The third-order valence-electron chi connectivity index (χ3n) is 8.43. The monoisotopic (exact) mass is 737 g/mol. The van der Waals surface area contributed by atoms with E-state index in [9.17, 15) is 54.0 Å². The molecule has 0 radical (unpaired) electrons. The summed E-state index contributed by atoms with van der Waals surface area (Å²) in [6.45, 7) is 11.9. The van der Waals surface area contributed by atoms with Crippen molar-refractivity contribution in [3.8, 4) is 5.75 Å².